The molecule has 4 rings (SSSR count). The molecule has 160 valence electrons. The fourth-order valence-electron chi connectivity index (χ4n) is 3.98. The topological polar surface area (TPSA) is 79.6 Å². The first kappa shape index (κ1) is 20.8. The van der Waals surface area contributed by atoms with Crippen LogP contribution in [0.4, 0.5) is 4.79 Å². The van der Waals surface area contributed by atoms with E-state index < -0.39 is 17.2 Å². The monoisotopic (exact) mass is 418 g/mol. The van der Waals surface area contributed by atoms with Gasteiger partial charge in [-0.2, -0.15) is 0 Å². The molecular weight excluding hydrogens is 392 g/mol. The van der Waals surface area contributed by atoms with E-state index in [4.69, 9.17) is 4.42 Å². The van der Waals surface area contributed by atoms with E-state index in [0.29, 0.717) is 16.5 Å². The van der Waals surface area contributed by atoms with E-state index >= 15 is 0 Å². The second kappa shape index (κ2) is 7.08. The van der Waals surface area contributed by atoms with E-state index in [0.717, 1.165) is 21.6 Å². The zero-order chi connectivity index (χ0) is 22.6. The Morgan fingerprint density at radius 3 is 2.32 bits per heavy atom. The van der Waals surface area contributed by atoms with Crippen molar-refractivity contribution in [1.29, 1.82) is 0 Å². The van der Waals surface area contributed by atoms with Gasteiger partial charge in [0.1, 0.15) is 11.1 Å². The number of benzene rings is 2. The van der Waals surface area contributed by atoms with Gasteiger partial charge in [-0.1, -0.05) is 57.2 Å². The summed E-state index contributed by atoms with van der Waals surface area (Å²) >= 11 is 0. The van der Waals surface area contributed by atoms with Crippen LogP contribution in [0.25, 0.3) is 11.0 Å². The van der Waals surface area contributed by atoms with Crippen LogP contribution in [-0.4, -0.2) is 16.8 Å². The van der Waals surface area contributed by atoms with Crippen LogP contribution in [0.5, 0.6) is 0 Å². The highest BCUT2D eigenvalue weighted by Gasteiger charge is 2.49. The van der Waals surface area contributed by atoms with E-state index in [1.165, 1.54) is 6.07 Å². The fourth-order valence-corrected chi connectivity index (χ4v) is 3.98. The standard InChI is InChI=1S/C25H26N2O4/c1-15-6-11-19-16(13-21(28)31-20(19)12-15)14-27-22(29)25(5,26-23(27)30)18-9-7-17(8-10-18)24(2,3)4/h6-13H,14H2,1-5H3,(H,26,30). The number of rotatable bonds is 3. The van der Waals surface area contributed by atoms with Gasteiger partial charge in [-0.15, -0.1) is 0 Å². The molecule has 6 nitrogen and oxygen atoms in total. The first-order valence-corrected chi connectivity index (χ1v) is 10.3. The minimum atomic E-state index is -1.17. The number of nitrogens with zero attached hydrogens (tertiary/aromatic N) is 1. The lowest BCUT2D eigenvalue weighted by molar-refractivity contribution is -0.131. The molecule has 0 bridgehead atoms. The van der Waals surface area contributed by atoms with Gasteiger partial charge in [0, 0.05) is 11.5 Å². The molecule has 3 amide bonds. The average molecular weight is 418 g/mol. The summed E-state index contributed by atoms with van der Waals surface area (Å²) in [6, 6.07) is 14.1. The lowest BCUT2D eigenvalue weighted by atomic mass is 9.84. The molecule has 0 aliphatic carbocycles. The summed E-state index contributed by atoms with van der Waals surface area (Å²) in [5, 5.41) is 3.54. The van der Waals surface area contributed by atoms with Crippen LogP contribution in [-0.2, 0) is 22.3 Å². The Morgan fingerprint density at radius 1 is 1.00 bits per heavy atom. The SMILES string of the molecule is Cc1ccc2c(CN3C(=O)NC(C)(c4ccc(C(C)(C)C)cc4)C3=O)cc(=O)oc2c1. The van der Waals surface area contributed by atoms with E-state index in [-0.39, 0.29) is 17.9 Å². The van der Waals surface area contributed by atoms with E-state index in [1.54, 1.807) is 13.0 Å². The number of aryl methyl sites for hydroxylation is 1. The number of hydrogen-bond acceptors (Lipinski definition) is 4. The highest BCUT2D eigenvalue weighted by Crippen LogP contribution is 2.32. The third kappa shape index (κ3) is 3.63. The van der Waals surface area contributed by atoms with Gasteiger partial charge in [-0.05, 0) is 47.6 Å². The number of imide groups is 1. The predicted molar refractivity (Wildman–Crippen MR) is 119 cm³/mol. The average Bonchev–Trinajstić information content (AvgIpc) is 2.91. The largest absolute Gasteiger partial charge is 0.423 e. The molecule has 1 N–H and O–H groups in total. The molecule has 1 unspecified atom stereocenters. The highest BCUT2D eigenvalue weighted by atomic mass is 16.4. The Kier molecular flexibility index (Phi) is 4.76. The summed E-state index contributed by atoms with van der Waals surface area (Å²) in [5.74, 6) is -0.352. The number of fused-ring (bicyclic) bond motifs is 1. The molecule has 1 aliphatic rings. The molecule has 1 atom stereocenters. The number of nitrogens with one attached hydrogen (secondary N) is 1. The van der Waals surface area contributed by atoms with Gasteiger partial charge in [0.2, 0.25) is 0 Å². The van der Waals surface area contributed by atoms with Gasteiger partial charge < -0.3 is 9.73 Å². The molecule has 0 spiro atoms. The van der Waals surface area contributed by atoms with Crippen molar-refractivity contribution < 1.29 is 14.0 Å². The number of carbonyl (C=O) groups is 2. The molecular formula is C25H26N2O4. The van der Waals surface area contributed by atoms with Gasteiger partial charge in [-0.3, -0.25) is 9.69 Å². The summed E-state index contributed by atoms with van der Waals surface area (Å²) < 4.78 is 5.29. The first-order valence-electron chi connectivity index (χ1n) is 10.3. The Hall–Kier alpha value is -3.41. The van der Waals surface area contributed by atoms with Crippen molar-refractivity contribution in [1.82, 2.24) is 10.2 Å². The maximum atomic E-state index is 13.3. The minimum absolute atomic E-state index is 0.00844. The molecule has 0 radical (unpaired) electrons. The van der Waals surface area contributed by atoms with Crippen LogP contribution in [0, 0.1) is 6.92 Å². The Balaban J connectivity index is 1.68. The second-order valence-corrected chi connectivity index (χ2v) is 9.36. The van der Waals surface area contributed by atoms with Crippen molar-refractivity contribution in [3.05, 3.63) is 81.2 Å². The van der Waals surface area contributed by atoms with E-state index in [2.05, 4.69) is 26.1 Å². The number of hydrogen-bond donors (Lipinski definition) is 1. The molecule has 6 heteroatoms. The predicted octanol–water partition coefficient (Wildman–Crippen LogP) is 4.37. The molecule has 1 aliphatic heterocycles. The maximum absolute atomic E-state index is 13.3. The Morgan fingerprint density at radius 2 is 1.68 bits per heavy atom. The molecule has 31 heavy (non-hydrogen) atoms. The highest BCUT2D eigenvalue weighted by molar-refractivity contribution is 6.07. The van der Waals surface area contributed by atoms with Crippen molar-refractivity contribution in [2.24, 2.45) is 0 Å². The molecule has 2 aromatic carbocycles. The summed E-state index contributed by atoms with van der Waals surface area (Å²) in [7, 11) is 0. The molecule has 1 aromatic heterocycles. The smallest absolute Gasteiger partial charge is 0.336 e. The summed E-state index contributed by atoms with van der Waals surface area (Å²) in [6.07, 6.45) is 0. The van der Waals surface area contributed by atoms with Crippen LogP contribution in [0.2, 0.25) is 0 Å². The summed E-state index contributed by atoms with van der Waals surface area (Å²) in [4.78, 5) is 39.3. The molecule has 3 aromatic rings. The van der Waals surface area contributed by atoms with Crippen molar-refractivity contribution in [3.63, 3.8) is 0 Å². The number of carbonyl (C=O) groups excluding carboxylic acids is 2. The normalized spacial score (nSPS) is 19.2. The van der Waals surface area contributed by atoms with Crippen molar-refractivity contribution in [3.8, 4) is 0 Å². The van der Waals surface area contributed by atoms with Crippen LogP contribution < -0.4 is 10.9 Å². The quantitative estimate of drug-likeness (QED) is 0.506. The fraction of sp³-hybridized carbons (Fsp3) is 0.320. The van der Waals surface area contributed by atoms with Crippen LogP contribution in [0.3, 0.4) is 0 Å². The van der Waals surface area contributed by atoms with E-state index in [1.807, 2.05) is 43.3 Å². The third-order valence-electron chi connectivity index (χ3n) is 5.92. The summed E-state index contributed by atoms with van der Waals surface area (Å²) in [5.41, 5.74) is 2.13. The van der Waals surface area contributed by atoms with Crippen LogP contribution >= 0.6 is 0 Å². The van der Waals surface area contributed by atoms with Gasteiger partial charge >= 0.3 is 11.7 Å². The van der Waals surface area contributed by atoms with Crippen molar-refractivity contribution in [2.75, 3.05) is 0 Å². The lowest BCUT2D eigenvalue weighted by Crippen LogP contribution is -2.40. The molecule has 0 saturated carbocycles. The summed E-state index contributed by atoms with van der Waals surface area (Å²) in [6.45, 7) is 9.97. The molecule has 1 fully saturated rings. The Labute approximate surface area is 180 Å². The molecule has 1 saturated heterocycles. The zero-order valence-electron chi connectivity index (χ0n) is 18.4. The van der Waals surface area contributed by atoms with Gasteiger partial charge in [0.05, 0.1) is 6.54 Å². The minimum Gasteiger partial charge on any atom is -0.423 e. The number of amides is 3. The van der Waals surface area contributed by atoms with Crippen molar-refractivity contribution in [2.45, 2.75) is 52.1 Å². The first-order chi connectivity index (χ1) is 14.5. The van der Waals surface area contributed by atoms with Crippen LogP contribution in [0.1, 0.15) is 49.9 Å². The van der Waals surface area contributed by atoms with Gasteiger partial charge in [0.15, 0.2) is 0 Å². The third-order valence-corrected chi connectivity index (χ3v) is 5.92. The Bertz CT molecular complexity index is 1250. The van der Waals surface area contributed by atoms with Gasteiger partial charge in [0.25, 0.3) is 5.91 Å². The number of urea groups is 1. The second-order valence-electron chi connectivity index (χ2n) is 9.36. The zero-order valence-corrected chi connectivity index (χ0v) is 18.4. The maximum Gasteiger partial charge on any atom is 0.336 e. The molecule has 2 heterocycles. The van der Waals surface area contributed by atoms with Crippen molar-refractivity contribution >= 4 is 22.9 Å². The lowest BCUT2D eigenvalue weighted by Gasteiger charge is -2.24. The van der Waals surface area contributed by atoms with E-state index in [9.17, 15) is 14.4 Å². The van der Waals surface area contributed by atoms with Crippen LogP contribution in [0.15, 0.2) is 57.7 Å². The van der Waals surface area contributed by atoms with Gasteiger partial charge in [-0.25, -0.2) is 9.59 Å².